The summed E-state index contributed by atoms with van der Waals surface area (Å²) >= 11 is 0. The van der Waals surface area contributed by atoms with E-state index in [1.165, 1.54) is 0 Å². The SMILES string of the molecule is CCOC(=O)C1=C(C)NC2=C(C(=O)CC(c3ccc(OC)cc3)C2)C1c1cccc(OC)c1. The average molecular weight is 448 g/mol. The molecule has 1 heterocycles. The maximum absolute atomic E-state index is 13.6. The van der Waals surface area contributed by atoms with Gasteiger partial charge in [0.15, 0.2) is 5.78 Å². The van der Waals surface area contributed by atoms with E-state index in [9.17, 15) is 9.59 Å². The van der Waals surface area contributed by atoms with Gasteiger partial charge in [0.05, 0.1) is 26.4 Å². The summed E-state index contributed by atoms with van der Waals surface area (Å²) < 4.78 is 16.1. The van der Waals surface area contributed by atoms with Gasteiger partial charge >= 0.3 is 5.97 Å². The zero-order chi connectivity index (χ0) is 23.5. The highest BCUT2D eigenvalue weighted by molar-refractivity contribution is 6.04. The molecule has 4 rings (SSSR count). The highest BCUT2D eigenvalue weighted by Crippen LogP contribution is 2.46. The number of allylic oxidation sites excluding steroid dienone is 3. The molecule has 0 saturated carbocycles. The number of benzene rings is 2. The standard InChI is InChI=1S/C27H29NO5/c1-5-33-27(30)24-16(2)28-22-14-19(17-9-11-20(31-3)12-10-17)15-23(29)26(22)25(24)18-7-6-8-21(13-18)32-4/h6-13,19,25,28H,5,14-15H2,1-4H3. The first-order valence-corrected chi connectivity index (χ1v) is 11.2. The third-order valence-corrected chi connectivity index (χ3v) is 6.34. The van der Waals surface area contributed by atoms with Crippen LogP contribution < -0.4 is 14.8 Å². The van der Waals surface area contributed by atoms with Gasteiger partial charge in [-0.2, -0.15) is 0 Å². The summed E-state index contributed by atoms with van der Waals surface area (Å²) in [6, 6.07) is 15.4. The molecule has 33 heavy (non-hydrogen) atoms. The van der Waals surface area contributed by atoms with Crippen LogP contribution in [0.4, 0.5) is 0 Å². The molecule has 6 heteroatoms. The van der Waals surface area contributed by atoms with Gasteiger partial charge in [0.1, 0.15) is 11.5 Å². The van der Waals surface area contributed by atoms with Crippen LogP contribution in [-0.2, 0) is 14.3 Å². The van der Waals surface area contributed by atoms with E-state index in [0.717, 1.165) is 22.6 Å². The molecule has 2 aromatic rings. The lowest BCUT2D eigenvalue weighted by Gasteiger charge is -2.36. The topological polar surface area (TPSA) is 73.9 Å². The van der Waals surface area contributed by atoms with Crippen LogP contribution in [0.2, 0.25) is 0 Å². The van der Waals surface area contributed by atoms with Crippen molar-refractivity contribution >= 4 is 11.8 Å². The average Bonchev–Trinajstić information content (AvgIpc) is 2.83. The van der Waals surface area contributed by atoms with Crippen molar-refractivity contribution in [3.63, 3.8) is 0 Å². The summed E-state index contributed by atoms with van der Waals surface area (Å²) in [5.74, 6) is 0.636. The maximum atomic E-state index is 13.6. The summed E-state index contributed by atoms with van der Waals surface area (Å²) in [5, 5.41) is 3.37. The van der Waals surface area contributed by atoms with Gasteiger partial charge in [0, 0.05) is 29.3 Å². The Morgan fingerprint density at radius 2 is 1.73 bits per heavy atom. The number of dihydropyridines is 1. The molecule has 0 saturated heterocycles. The van der Waals surface area contributed by atoms with Crippen molar-refractivity contribution in [2.24, 2.45) is 0 Å². The molecule has 6 nitrogen and oxygen atoms in total. The molecule has 2 unspecified atom stereocenters. The molecule has 172 valence electrons. The molecule has 0 bridgehead atoms. The van der Waals surface area contributed by atoms with Crippen molar-refractivity contribution in [2.75, 3.05) is 20.8 Å². The number of ether oxygens (including phenoxy) is 3. The number of Topliss-reactive ketones (excluding diaryl/α,β-unsaturated/α-hetero) is 1. The first kappa shape index (κ1) is 22.6. The van der Waals surface area contributed by atoms with Crippen molar-refractivity contribution in [1.29, 1.82) is 0 Å². The van der Waals surface area contributed by atoms with Gasteiger partial charge in [0.2, 0.25) is 0 Å². The summed E-state index contributed by atoms with van der Waals surface area (Å²) in [6.45, 7) is 3.91. The number of hydrogen-bond donors (Lipinski definition) is 1. The lowest BCUT2D eigenvalue weighted by molar-refractivity contribution is -0.138. The molecule has 0 spiro atoms. The minimum Gasteiger partial charge on any atom is -0.497 e. The Bertz CT molecular complexity index is 1130. The van der Waals surface area contributed by atoms with Gasteiger partial charge in [0.25, 0.3) is 0 Å². The highest BCUT2D eigenvalue weighted by Gasteiger charge is 2.41. The Labute approximate surface area is 194 Å². The predicted molar refractivity (Wildman–Crippen MR) is 125 cm³/mol. The van der Waals surface area contributed by atoms with E-state index >= 15 is 0 Å². The van der Waals surface area contributed by atoms with E-state index in [4.69, 9.17) is 14.2 Å². The largest absolute Gasteiger partial charge is 0.497 e. The van der Waals surface area contributed by atoms with E-state index in [1.54, 1.807) is 21.1 Å². The molecule has 2 aliphatic rings. The van der Waals surface area contributed by atoms with Crippen LogP contribution in [0.5, 0.6) is 11.5 Å². The number of carbonyl (C=O) groups is 2. The Morgan fingerprint density at radius 3 is 2.39 bits per heavy atom. The number of esters is 1. The van der Waals surface area contributed by atoms with Crippen molar-refractivity contribution in [1.82, 2.24) is 5.32 Å². The van der Waals surface area contributed by atoms with Gasteiger partial charge in [-0.05, 0) is 61.6 Å². The van der Waals surface area contributed by atoms with E-state index in [1.807, 2.05) is 55.5 Å². The van der Waals surface area contributed by atoms with Crippen LogP contribution in [0.1, 0.15) is 49.7 Å². The van der Waals surface area contributed by atoms with Crippen LogP contribution in [0.25, 0.3) is 0 Å². The number of nitrogens with one attached hydrogen (secondary N) is 1. The van der Waals surface area contributed by atoms with Gasteiger partial charge in [-0.25, -0.2) is 4.79 Å². The molecule has 1 aliphatic carbocycles. The van der Waals surface area contributed by atoms with Crippen LogP contribution in [-0.4, -0.2) is 32.6 Å². The van der Waals surface area contributed by atoms with Crippen LogP contribution in [0.15, 0.2) is 71.1 Å². The lowest BCUT2D eigenvalue weighted by atomic mass is 9.71. The molecule has 1 aliphatic heterocycles. The fourth-order valence-corrected chi connectivity index (χ4v) is 4.78. The third kappa shape index (κ3) is 4.38. The normalized spacial score (nSPS) is 20.2. The molecular formula is C27H29NO5. The molecular weight excluding hydrogens is 418 g/mol. The van der Waals surface area contributed by atoms with Crippen LogP contribution in [0.3, 0.4) is 0 Å². The van der Waals surface area contributed by atoms with Crippen molar-refractivity contribution in [3.8, 4) is 11.5 Å². The predicted octanol–water partition coefficient (Wildman–Crippen LogP) is 4.63. The van der Waals surface area contributed by atoms with Crippen molar-refractivity contribution in [2.45, 2.75) is 38.5 Å². The van der Waals surface area contributed by atoms with E-state index in [-0.39, 0.29) is 18.3 Å². The molecule has 0 radical (unpaired) electrons. The number of hydrogen-bond acceptors (Lipinski definition) is 6. The quantitative estimate of drug-likeness (QED) is 0.651. The van der Waals surface area contributed by atoms with E-state index in [0.29, 0.717) is 35.4 Å². The molecule has 0 aromatic heterocycles. The molecule has 2 aromatic carbocycles. The first-order chi connectivity index (χ1) is 16.0. The van der Waals surface area contributed by atoms with E-state index in [2.05, 4.69) is 5.32 Å². The van der Waals surface area contributed by atoms with Crippen LogP contribution >= 0.6 is 0 Å². The smallest absolute Gasteiger partial charge is 0.336 e. The Morgan fingerprint density at radius 1 is 1.00 bits per heavy atom. The van der Waals surface area contributed by atoms with Gasteiger partial charge in [-0.1, -0.05) is 24.3 Å². The lowest BCUT2D eigenvalue weighted by Crippen LogP contribution is -2.36. The maximum Gasteiger partial charge on any atom is 0.336 e. The monoisotopic (exact) mass is 447 g/mol. The molecule has 2 atom stereocenters. The van der Waals surface area contributed by atoms with Gasteiger partial charge < -0.3 is 19.5 Å². The minimum absolute atomic E-state index is 0.0340. The minimum atomic E-state index is -0.500. The van der Waals surface area contributed by atoms with Gasteiger partial charge in [-0.15, -0.1) is 0 Å². The Balaban J connectivity index is 1.78. The summed E-state index contributed by atoms with van der Waals surface area (Å²) in [5.41, 5.74) is 4.62. The zero-order valence-corrected chi connectivity index (χ0v) is 19.4. The third-order valence-electron chi connectivity index (χ3n) is 6.34. The number of ketones is 1. The summed E-state index contributed by atoms with van der Waals surface area (Å²) in [4.78, 5) is 26.6. The fraction of sp³-hybridized carbons (Fsp3) is 0.333. The Hall–Kier alpha value is -3.54. The molecule has 1 N–H and O–H groups in total. The highest BCUT2D eigenvalue weighted by atomic mass is 16.5. The molecule has 0 fully saturated rings. The summed E-state index contributed by atoms with van der Waals surface area (Å²) in [6.07, 6.45) is 1.06. The number of methoxy groups -OCH3 is 2. The van der Waals surface area contributed by atoms with Crippen LogP contribution in [0, 0.1) is 0 Å². The molecule has 0 amide bonds. The summed E-state index contributed by atoms with van der Waals surface area (Å²) in [7, 11) is 3.24. The first-order valence-electron chi connectivity index (χ1n) is 11.2. The second-order valence-corrected chi connectivity index (χ2v) is 8.29. The van der Waals surface area contributed by atoms with E-state index < -0.39 is 11.9 Å². The van der Waals surface area contributed by atoms with Crippen molar-refractivity contribution in [3.05, 3.63) is 82.2 Å². The number of rotatable bonds is 6. The number of carbonyl (C=O) groups excluding carboxylic acids is 2. The second kappa shape index (κ2) is 9.53. The van der Waals surface area contributed by atoms with Crippen molar-refractivity contribution < 1.29 is 23.8 Å². The van der Waals surface area contributed by atoms with Gasteiger partial charge in [-0.3, -0.25) is 4.79 Å². The Kier molecular flexibility index (Phi) is 6.54. The second-order valence-electron chi connectivity index (χ2n) is 8.29. The fourth-order valence-electron chi connectivity index (χ4n) is 4.78. The zero-order valence-electron chi connectivity index (χ0n) is 19.4.